The maximum Gasteiger partial charge on any atom is 0.416 e. The van der Waals surface area contributed by atoms with E-state index in [9.17, 15) is 14.4 Å². The maximum absolute atomic E-state index is 13.3. The van der Waals surface area contributed by atoms with Crippen molar-refractivity contribution >= 4 is 17.6 Å². The summed E-state index contributed by atoms with van der Waals surface area (Å²) in [6.07, 6.45) is 0.748. The van der Waals surface area contributed by atoms with E-state index < -0.39 is 22.9 Å². The summed E-state index contributed by atoms with van der Waals surface area (Å²) in [6, 6.07) is 8.22. The molecule has 2 aromatic rings. The molecule has 1 aliphatic rings. The fourth-order valence-corrected chi connectivity index (χ4v) is 3.74. The lowest BCUT2D eigenvalue weighted by Gasteiger charge is -2.37. The number of hydrogen-bond donors (Lipinski definition) is 1. The van der Waals surface area contributed by atoms with Gasteiger partial charge in [0.1, 0.15) is 11.9 Å². The Morgan fingerprint density at radius 3 is 2.66 bits per heavy atom. The summed E-state index contributed by atoms with van der Waals surface area (Å²) in [6.45, 7) is 14.3. The van der Waals surface area contributed by atoms with Crippen molar-refractivity contribution in [3.05, 3.63) is 68.2 Å². The van der Waals surface area contributed by atoms with Gasteiger partial charge in [0.05, 0.1) is 6.57 Å². The minimum atomic E-state index is -0.779. The Hall–Kier alpha value is -3.38. The van der Waals surface area contributed by atoms with E-state index in [0.29, 0.717) is 17.8 Å². The molecule has 1 amide bonds. The van der Waals surface area contributed by atoms with E-state index in [-0.39, 0.29) is 18.5 Å². The predicted octanol–water partition coefficient (Wildman–Crippen LogP) is 2.64. The second kappa shape index (κ2) is 9.40. The SMILES string of the molecule is [C-]#[N+]c1ccccc1Cn1c(N(C(=O)O[C@@H]2CCCNC2)C(C)(C)C)cc(=O)n(C)c1=O. The summed E-state index contributed by atoms with van der Waals surface area (Å²) < 4.78 is 8.08. The molecule has 0 spiro atoms. The lowest BCUT2D eigenvalue weighted by Crippen LogP contribution is -2.52. The number of benzene rings is 1. The first-order chi connectivity index (χ1) is 15.1. The molecule has 0 bridgehead atoms. The standard InChI is InChI=1S/C23H29N5O4/c1-23(2,3)28(22(31)32-17-10-8-12-25-14-17)19-13-20(29)26(5)21(30)27(19)15-16-9-6-7-11-18(16)24-4/h6-7,9,11,13,17,25H,8,10,12,14-15H2,1-3,5H3/t17-/m1/s1. The van der Waals surface area contributed by atoms with Crippen LogP contribution in [0.1, 0.15) is 39.2 Å². The van der Waals surface area contributed by atoms with Gasteiger partial charge in [-0.25, -0.2) is 14.4 Å². The van der Waals surface area contributed by atoms with Crippen LogP contribution in [0, 0.1) is 6.57 Å². The zero-order valence-corrected chi connectivity index (χ0v) is 18.9. The summed E-state index contributed by atoms with van der Waals surface area (Å²) in [7, 11) is 1.39. The molecule has 0 unspecified atom stereocenters. The molecule has 9 heteroatoms. The van der Waals surface area contributed by atoms with Crippen LogP contribution in [-0.2, 0) is 18.3 Å². The van der Waals surface area contributed by atoms with Crippen LogP contribution in [0.2, 0.25) is 0 Å². The molecular formula is C23H29N5O4. The number of hydrogen-bond acceptors (Lipinski definition) is 5. The first-order valence-corrected chi connectivity index (χ1v) is 10.6. The van der Waals surface area contributed by atoms with Crippen molar-refractivity contribution in [3.8, 4) is 0 Å². The number of piperidine rings is 1. The number of carbonyl (C=O) groups excluding carboxylic acids is 1. The number of anilines is 1. The largest absolute Gasteiger partial charge is 0.444 e. The van der Waals surface area contributed by atoms with Crippen LogP contribution in [0.15, 0.2) is 39.9 Å². The number of aromatic nitrogens is 2. The van der Waals surface area contributed by atoms with Crippen molar-refractivity contribution in [1.29, 1.82) is 0 Å². The normalized spacial score (nSPS) is 16.3. The van der Waals surface area contributed by atoms with Crippen LogP contribution < -0.4 is 21.5 Å². The minimum absolute atomic E-state index is 0.0334. The van der Waals surface area contributed by atoms with E-state index in [1.807, 2.05) is 20.8 Å². The molecule has 1 atom stereocenters. The summed E-state index contributed by atoms with van der Waals surface area (Å²) in [5, 5.41) is 3.21. The third kappa shape index (κ3) is 4.92. The van der Waals surface area contributed by atoms with E-state index in [1.54, 1.807) is 24.3 Å². The number of para-hydroxylation sites is 1. The van der Waals surface area contributed by atoms with E-state index in [4.69, 9.17) is 11.3 Å². The number of nitrogens with one attached hydrogen (secondary N) is 1. The van der Waals surface area contributed by atoms with Crippen molar-refractivity contribution in [1.82, 2.24) is 14.5 Å². The predicted molar refractivity (Wildman–Crippen MR) is 122 cm³/mol. The molecule has 0 radical (unpaired) electrons. The highest BCUT2D eigenvalue weighted by Crippen LogP contribution is 2.26. The van der Waals surface area contributed by atoms with Crippen molar-refractivity contribution < 1.29 is 9.53 Å². The molecule has 32 heavy (non-hydrogen) atoms. The fourth-order valence-electron chi connectivity index (χ4n) is 3.74. The molecule has 0 saturated carbocycles. The molecule has 1 N–H and O–H groups in total. The third-order valence-corrected chi connectivity index (χ3v) is 5.42. The summed E-state index contributed by atoms with van der Waals surface area (Å²) >= 11 is 0. The molecule has 2 heterocycles. The molecule has 1 saturated heterocycles. The van der Waals surface area contributed by atoms with Gasteiger partial charge in [0, 0.05) is 31.7 Å². The Bertz CT molecular complexity index is 1150. The second-order valence-electron chi connectivity index (χ2n) is 8.87. The van der Waals surface area contributed by atoms with E-state index in [1.165, 1.54) is 22.6 Å². The average molecular weight is 440 g/mol. The second-order valence-corrected chi connectivity index (χ2v) is 8.87. The van der Waals surface area contributed by atoms with Gasteiger partial charge < -0.3 is 10.1 Å². The number of rotatable bonds is 4. The average Bonchev–Trinajstić information content (AvgIpc) is 2.75. The topological polar surface area (TPSA) is 89.9 Å². The molecule has 1 aromatic carbocycles. The lowest BCUT2D eigenvalue weighted by atomic mass is 10.1. The first kappa shape index (κ1) is 23.3. The van der Waals surface area contributed by atoms with Crippen LogP contribution in [-0.4, -0.2) is 40.0 Å². The Balaban J connectivity index is 2.12. The van der Waals surface area contributed by atoms with Crippen molar-refractivity contribution in [2.45, 2.75) is 51.8 Å². The zero-order valence-electron chi connectivity index (χ0n) is 18.9. The van der Waals surface area contributed by atoms with E-state index in [0.717, 1.165) is 24.0 Å². The fraction of sp³-hybridized carbons (Fsp3) is 0.478. The zero-order chi connectivity index (χ0) is 23.5. The Morgan fingerprint density at radius 2 is 2.03 bits per heavy atom. The summed E-state index contributed by atoms with van der Waals surface area (Å²) in [5.41, 5.74) is -0.866. The first-order valence-electron chi connectivity index (χ1n) is 10.6. The number of ether oxygens (including phenoxy) is 1. The molecule has 1 aromatic heterocycles. The minimum Gasteiger partial charge on any atom is -0.444 e. The van der Waals surface area contributed by atoms with Gasteiger partial charge in [-0.15, -0.1) is 0 Å². The number of amides is 1. The van der Waals surface area contributed by atoms with Gasteiger partial charge in [-0.2, -0.15) is 0 Å². The Morgan fingerprint density at radius 1 is 1.31 bits per heavy atom. The van der Waals surface area contributed by atoms with Gasteiger partial charge in [0.25, 0.3) is 5.56 Å². The van der Waals surface area contributed by atoms with Gasteiger partial charge in [-0.3, -0.25) is 18.8 Å². The van der Waals surface area contributed by atoms with Crippen LogP contribution in [0.25, 0.3) is 4.85 Å². The molecule has 170 valence electrons. The molecule has 1 fully saturated rings. The number of carbonyl (C=O) groups is 1. The van der Waals surface area contributed by atoms with Crippen LogP contribution in [0.3, 0.4) is 0 Å². The van der Waals surface area contributed by atoms with Gasteiger partial charge in [0.2, 0.25) is 0 Å². The van der Waals surface area contributed by atoms with Gasteiger partial charge in [0.15, 0.2) is 5.69 Å². The van der Waals surface area contributed by atoms with Crippen LogP contribution in [0.4, 0.5) is 16.3 Å². The smallest absolute Gasteiger partial charge is 0.416 e. The third-order valence-electron chi connectivity index (χ3n) is 5.42. The Labute approximate surface area is 187 Å². The highest BCUT2D eigenvalue weighted by atomic mass is 16.6. The van der Waals surface area contributed by atoms with Gasteiger partial charge in [-0.05, 0) is 45.7 Å². The molecule has 1 aliphatic heterocycles. The lowest BCUT2D eigenvalue weighted by molar-refractivity contribution is 0.0843. The quantitative estimate of drug-likeness (QED) is 0.740. The molecule has 0 aliphatic carbocycles. The number of nitrogens with zero attached hydrogens (tertiary/aromatic N) is 4. The van der Waals surface area contributed by atoms with Gasteiger partial charge >= 0.3 is 11.8 Å². The highest BCUT2D eigenvalue weighted by Gasteiger charge is 2.34. The maximum atomic E-state index is 13.3. The highest BCUT2D eigenvalue weighted by molar-refractivity contribution is 5.88. The van der Waals surface area contributed by atoms with Gasteiger partial charge in [-0.1, -0.05) is 24.3 Å². The summed E-state index contributed by atoms with van der Waals surface area (Å²) in [4.78, 5) is 43.8. The van der Waals surface area contributed by atoms with Crippen LogP contribution in [0.5, 0.6) is 0 Å². The molecular weight excluding hydrogens is 410 g/mol. The Kier molecular flexibility index (Phi) is 6.84. The van der Waals surface area contributed by atoms with Crippen LogP contribution >= 0.6 is 0 Å². The van der Waals surface area contributed by atoms with Crippen molar-refractivity contribution in [3.63, 3.8) is 0 Å². The molecule has 3 rings (SSSR count). The van der Waals surface area contributed by atoms with Crippen molar-refractivity contribution in [2.75, 3.05) is 18.0 Å². The van der Waals surface area contributed by atoms with E-state index >= 15 is 0 Å². The molecule has 9 nitrogen and oxygen atoms in total. The summed E-state index contributed by atoms with van der Waals surface area (Å²) in [5.74, 6) is 0.138. The monoisotopic (exact) mass is 439 g/mol. The van der Waals surface area contributed by atoms with Crippen molar-refractivity contribution in [2.24, 2.45) is 7.05 Å². The van der Waals surface area contributed by atoms with E-state index in [2.05, 4.69) is 10.2 Å².